The van der Waals surface area contributed by atoms with Crippen molar-refractivity contribution in [3.63, 3.8) is 0 Å². The largest absolute Gasteiger partial charge is 0.507 e. The van der Waals surface area contributed by atoms with Gasteiger partial charge in [-0.3, -0.25) is 4.79 Å². The van der Waals surface area contributed by atoms with E-state index in [1.807, 2.05) is 42.5 Å². The number of hydrogen-bond donors (Lipinski definition) is 2. The number of furan rings is 1. The molecule has 0 unspecified atom stereocenters. The van der Waals surface area contributed by atoms with Crippen molar-refractivity contribution in [3.8, 4) is 5.75 Å². The van der Waals surface area contributed by atoms with E-state index in [0.29, 0.717) is 27.8 Å². The van der Waals surface area contributed by atoms with Gasteiger partial charge in [0.2, 0.25) is 0 Å². The third-order valence-electron chi connectivity index (χ3n) is 3.79. The summed E-state index contributed by atoms with van der Waals surface area (Å²) in [4.78, 5) is 12.3. The summed E-state index contributed by atoms with van der Waals surface area (Å²) in [6.07, 6.45) is 0. The summed E-state index contributed by atoms with van der Waals surface area (Å²) in [6.45, 7) is 0. The second kappa shape index (κ2) is 5.18. The zero-order chi connectivity index (χ0) is 15.8. The molecule has 0 bridgehead atoms. The predicted octanol–water partition coefficient (Wildman–Crippen LogP) is 4.54. The highest BCUT2D eigenvalue weighted by molar-refractivity contribution is 6.15. The van der Waals surface area contributed by atoms with Gasteiger partial charge in [-0.15, -0.1) is 0 Å². The van der Waals surface area contributed by atoms with Crippen LogP contribution in [0.4, 0.5) is 5.69 Å². The first kappa shape index (κ1) is 13.4. The lowest BCUT2D eigenvalue weighted by molar-refractivity contribution is 0.102. The highest BCUT2D eigenvalue weighted by Gasteiger charge is 2.16. The number of para-hydroxylation sites is 1. The molecule has 4 nitrogen and oxygen atoms in total. The van der Waals surface area contributed by atoms with E-state index in [-0.39, 0.29) is 11.7 Å². The van der Waals surface area contributed by atoms with Crippen LogP contribution >= 0.6 is 0 Å². The number of rotatable bonds is 2. The lowest BCUT2D eigenvalue weighted by Gasteiger charge is -2.06. The minimum absolute atomic E-state index is 0.127. The highest BCUT2D eigenvalue weighted by atomic mass is 16.3. The van der Waals surface area contributed by atoms with Gasteiger partial charge in [0.25, 0.3) is 5.91 Å². The van der Waals surface area contributed by atoms with E-state index in [9.17, 15) is 9.90 Å². The predicted molar refractivity (Wildman–Crippen MR) is 89.8 cm³/mol. The molecule has 23 heavy (non-hydrogen) atoms. The van der Waals surface area contributed by atoms with Crippen molar-refractivity contribution in [2.24, 2.45) is 0 Å². The molecule has 4 aromatic rings. The number of benzene rings is 3. The van der Waals surface area contributed by atoms with Gasteiger partial charge in [0.05, 0.1) is 11.1 Å². The molecular formula is C19H13NO3. The van der Waals surface area contributed by atoms with Crippen molar-refractivity contribution in [3.05, 3.63) is 72.3 Å². The summed E-state index contributed by atoms with van der Waals surface area (Å²) in [6, 6.07) is 19.6. The quantitative estimate of drug-likeness (QED) is 0.534. The van der Waals surface area contributed by atoms with Crippen LogP contribution in [0.2, 0.25) is 0 Å². The van der Waals surface area contributed by atoms with E-state index in [1.165, 1.54) is 0 Å². The van der Waals surface area contributed by atoms with Crippen LogP contribution in [0.15, 0.2) is 71.1 Å². The van der Waals surface area contributed by atoms with Gasteiger partial charge < -0.3 is 14.8 Å². The van der Waals surface area contributed by atoms with Crippen molar-refractivity contribution < 1.29 is 14.3 Å². The number of phenols is 1. The summed E-state index contributed by atoms with van der Waals surface area (Å²) in [7, 11) is 0. The van der Waals surface area contributed by atoms with Gasteiger partial charge in [-0.2, -0.15) is 0 Å². The van der Waals surface area contributed by atoms with Gasteiger partial charge in [0, 0.05) is 10.9 Å². The number of phenolic OH excluding ortho intramolecular Hbond substituents is 1. The standard InChI is InChI=1S/C19H13NO3/c21-15-11-10-14(20-19(22)12-6-2-1-3-7-12)18-17(15)13-8-4-5-9-16(13)23-18/h1-11,21H,(H,20,22). The van der Waals surface area contributed by atoms with Crippen LogP contribution in [-0.4, -0.2) is 11.0 Å². The monoisotopic (exact) mass is 303 g/mol. The van der Waals surface area contributed by atoms with Crippen molar-refractivity contribution in [1.82, 2.24) is 0 Å². The summed E-state index contributed by atoms with van der Waals surface area (Å²) >= 11 is 0. The maximum absolute atomic E-state index is 12.3. The topological polar surface area (TPSA) is 62.5 Å². The zero-order valence-corrected chi connectivity index (χ0v) is 12.1. The zero-order valence-electron chi connectivity index (χ0n) is 12.1. The second-order valence-corrected chi connectivity index (χ2v) is 5.25. The Bertz CT molecular complexity index is 1020. The SMILES string of the molecule is O=C(Nc1ccc(O)c2c1oc1ccccc12)c1ccccc1. The highest BCUT2D eigenvalue weighted by Crippen LogP contribution is 2.38. The van der Waals surface area contributed by atoms with E-state index in [1.54, 1.807) is 24.3 Å². The molecule has 0 aliphatic rings. The molecule has 0 saturated carbocycles. The molecule has 3 aromatic carbocycles. The molecule has 1 heterocycles. The Balaban J connectivity index is 1.85. The lowest BCUT2D eigenvalue weighted by atomic mass is 10.1. The van der Waals surface area contributed by atoms with Crippen molar-refractivity contribution in [2.75, 3.05) is 5.32 Å². The molecule has 1 amide bonds. The summed E-state index contributed by atoms with van der Waals surface area (Å²) < 4.78 is 5.83. The fourth-order valence-corrected chi connectivity index (χ4v) is 2.69. The molecule has 4 heteroatoms. The van der Waals surface area contributed by atoms with E-state index in [2.05, 4.69) is 5.32 Å². The maximum Gasteiger partial charge on any atom is 0.255 e. The molecule has 112 valence electrons. The lowest BCUT2D eigenvalue weighted by Crippen LogP contribution is -2.11. The number of nitrogens with one attached hydrogen (secondary N) is 1. The molecule has 0 aliphatic heterocycles. The van der Waals surface area contributed by atoms with Crippen LogP contribution in [0, 0.1) is 0 Å². The van der Waals surface area contributed by atoms with Crippen molar-refractivity contribution in [2.45, 2.75) is 0 Å². The summed E-state index contributed by atoms with van der Waals surface area (Å²) in [5.41, 5.74) is 2.22. The molecule has 0 aliphatic carbocycles. The normalized spacial score (nSPS) is 11.0. The first-order chi connectivity index (χ1) is 11.2. The fourth-order valence-electron chi connectivity index (χ4n) is 2.69. The minimum Gasteiger partial charge on any atom is -0.507 e. The van der Waals surface area contributed by atoms with Gasteiger partial charge in [0.1, 0.15) is 11.3 Å². The van der Waals surface area contributed by atoms with Gasteiger partial charge >= 0.3 is 0 Å². The Morgan fingerprint density at radius 3 is 2.48 bits per heavy atom. The van der Waals surface area contributed by atoms with E-state index in [0.717, 1.165) is 5.39 Å². The van der Waals surface area contributed by atoms with Crippen molar-refractivity contribution in [1.29, 1.82) is 0 Å². The van der Waals surface area contributed by atoms with Gasteiger partial charge in [-0.05, 0) is 30.3 Å². The van der Waals surface area contributed by atoms with Crippen LogP contribution in [0.1, 0.15) is 10.4 Å². The van der Waals surface area contributed by atoms with Crippen molar-refractivity contribution >= 4 is 33.5 Å². The average Bonchev–Trinajstić information content (AvgIpc) is 2.98. The number of carbonyl (C=O) groups excluding carboxylic acids is 1. The molecular weight excluding hydrogens is 290 g/mol. The van der Waals surface area contributed by atoms with E-state index >= 15 is 0 Å². The number of hydrogen-bond acceptors (Lipinski definition) is 3. The number of aromatic hydroxyl groups is 1. The molecule has 0 spiro atoms. The number of fused-ring (bicyclic) bond motifs is 3. The number of anilines is 1. The fraction of sp³-hybridized carbons (Fsp3) is 0. The van der Waals surface area contributed by atoms with Gasteiger partial charge in [-0.1, -0.05) is 36.4 Å². The summed E-state index contributed by atoms with van der Waals surface area (Å²) in [5, 5.41) is 14.4. The Labute approximate surface area is 132 Å². The van der Waals surface area contributed by atoms with E-state index < -0.39 is 0 Å². The molecule has 0 fully saturated rings. The van der Waals surface area contributed by atoms with Gasteiger partial charge in [-0.25, -0.2) is 0 Å². The second-order valence-electron chi connectivity index (χ2n) is 5.25. The van der Waals surface area contributed by atoms with Crippen LogP contribution in [0.25, 0.3) is 21.9 Å². The molecule has 0 atom stereocenters. The van der Waals surface area contributed by atoms with Crippen LogP contribution in [0.3, 0.4) is 0 Å². The smallest absolute Gasteiger partial charge is 0.255 e. The Morgan fingerprint density at radius 2 is 1.65 bits per heavy atom. The van der Waals surface area contributed by atoms with E-state index in [4.69, 9.17) is 4.42 Å². The average molecular weight is 303 g/mol. The van der Waals surface area contributed by atoms with Gasteiger partial charge in [0.15, 0.2) is 5.58 Å². The molecule has 0 saturated heterocycles. The van der Waals surface area contributed by atoms with Crippen LogP contribution in [-0.2, 0) is 0 Å². The Hall–Kier alpha value is -3.27. The first-order valence-electron chi connectivity index (χ1n) is 7.23. The van der Waals surface area contributed by atoms with Crippen LogP contribution < -0.4 is 5.32 Å². The molecule has 0 radical (unpaired) electrons. The first-order valence-corrected chi connectivity index (χ1v) is 7.23. The third-order valence-corrected chi connectivity index (χ3v) is 3.79. The third kappa shape index (κ3) is 2.21. The molecule has 2 N–H and O–H groups in total. The minimum atomic E-state index is -0.224. The maximum atomic E-state index is 12.3. The number of carbonyl (C=O) groups is 1. The van der Waals surface area contributed by atoms with Crippen LogP contribution in [0.5, 0.6) is 5.75 Å². The number of amides is 1. The molecule has 4 rings (SSSR count). The Morgan fingerprint density at radius 1 is 0.913 bits per heavy atom. The summed E-state index contributed by atoms with van der Waals surface area (Å²) in [5.74, 6) is -0.0966. The Kier molecular flexibility index (Phi) is 3.01. The molecule has 1 aromatic heterocycles.